The maximum absolute atomic E-state index is 5.39. The normalized spacial score (nSPS) is 16.8. The van der Waals surface area contributed by atoms with Crippen LogP contribution in [-0.4, -0.2) is 31.6 Å². The topological polar surface area (TPSA) is 37.6 Å². The van der Waals surface area contributed by atoms with Crippen molar-refractivity contribution in [3.63, 3.8) is 0 Å². The third-order valence-corrected chi connectivity index (χ3v) is 4.28. The van der Waals surface area contributed by atoms with E-state index in [-0.39, 0.29) is 0 Å². The molecule has 118 valence electrons. The van der Waals surface area contributed by atoms with Crippen LogP contribution in [0, 0.1) is 0 Å². The summed E-state index contributed by atoms with van der Waals surface area (Å²) in [4.78, 5) is 2.56. The van der Waals surface area contributed by atoms with Gasteiger partial charge < -0.3 is 14.5 Å². The Morgan fingerprint density at radius 2 is 2.09 bits per heavy atom. The Labute approximate surface area is 132 Å². The van der Waals surface area contributed by atoms with Gasteiger partial charge in [0.25, 0.3) is 0 Å². The van der Waals surface area contributed by atoms with E-state index in [4.69, 9.17) is 9.15 Å². The summed E-state index contributed by atoms with van der Waals surface area (Å²) in [5.74, 6) is 1.90. The summed E-state index contributed by atoms with van der Waals surface area (Å²) in [6.07, 6.45) is 4.30. The molecule has 0 aliphatic carbocycles. The fourth-order valence-electron chi connectivity index (χ4n) is 3.11. The molecule has 1 aliphatic rings. The highest BCUT2D eigenvalue weighted by atomic mass is 16.5. The van der Waals surface area contributed by atoms with Gasteiger partial charge >= 0.3 is 0 Å². The quantitative estimate of drug-likeness (QED) is 0.852. The maximum Gasteiger partial charge on any atom is 0.119 e. The highest BCUT2D eigenvalue weighted by Crippen LogP contribution is 2.27. The van der Waals surface area contributed by atoms with E-state index in [0.29, 0.717) is 6.04 Å². The highest BCUT2D eigenvalue weighted by Gasteiger charge is 2.23. The molecule has 0 radical (unpaired) electrons. The van der Waals surface area contributed by atoms with Crippen LogP contribution >= 0.6 is 0 Å². The van der Waals surface area contributed by atoms with Gasteiger partial charge in [0.15, 0.2) is 0 Å². The van der Waals surface area contributed by atoms with Crippen LogP contribution in [0.2, 0.25) is 0 Å². The zero-order valence-corrected chi connectivity index (χ0v) is 13.1. The van der Waals surface area contributed by atoms with Crippen LogP contribution < -0.4 is 10.1 Å². The Kier molecular flexibility index (Phi) is 5.14. The standard InChI is InChI=1S/C18H24N2O2/c1-21-16-7-4-6-15(12-16)18(20-9-2-3-10-20)14-19-13-17-8-5-11-22-17/h4-8,11-12,18-19H,2-3,9-10,13-14H2,1H3. The minimum absolute atomic E-state index is 0.382. The number of furan rings is 1. The van der Waals surface area contributed by atoms with Crippen molar-refractivity contribution in [3.8, 4) is 5.75 Å². The number of nitrogens with zero attached hydrogens (tertiary/aromatic N) is 1. The average molecular weight is 300 g/mol. The Morgan fingerprint density at radius 3 is 2.82 bits per heavy atom. The van der Waals surface area contributed by atoms with Crippen LogP contribution in [0.15, 0.2) is 47.1 Å². The second-order valence-corrected chi connectivity index (χ2v) is 5.75. The highest BCUT2D eigenvalue weighted by molar-refractivity contribution is 5.31. The van der Waals surface area contributed by atoms with E-state index in [2.05, 4.69) is 28.4 Å². The van der Waals surface area contributed by atoms with Crippen LogP contribution in [0.3, 0.4) is 0 Å². The third kappa shape index (κ3) is 3.70. The second-order valence-electron chi connectivity index (χ2n) is 5.75. The lowest BCUT2D eigenvalue weighted by Crippen LogP contribution is -2.34. The van der Waals surface area contributed by atoms with Gasteiger partial charge in [-0.3, -0.25) is 4.90 Å². The van der Waals surface area contributed by atoms with Crippen LogP contribution in [-0.2, 0) is 6.54 Å². The van der Waals surface area contributed by atoms with Gasteiger partial charge in [0.05, 0.1) is 19.9 Å². The molecule has 1 aliphatic heterocycles. The van der Waals surface area contributed by atoms with E-state index in [0.717, 1.165) is 24.6 Å². The van der Waals surface area contributed by atoms with Gasteiger partial charge in [-0.05, 0) is 55.8 Å². The molecule has 3 rings (SSSR count). The van der Waals surface area contributed by atoms with Crippen molar-refractivity contribution in [2.24, 2.45) is 0 Å². The molecule has 0 spiro atoms. The number of nitrogens with one attached hydrogen (secondary N) is 1. The fraction of sp³-hybridized carbons (Fsp3) is 0.444. The molecule has 1 N–H and O–H groups in total. The van der Waals surface area contributed by atoms with Crippen LogP contribution in [0.4, 0.5) is 0 Å². The summed E-state index contributed by atoms with van der Waals surface area (Å²) in [6.45, 7) is 4.02. The first-order valence-corrected chi connectivity index (χ1v) is 7.98. The van der Waals surface area contributed by atoms with Crippen molar-refractivity contribution < 1.29 is 9.15 Å². The van der Waals surface area contributed by atoms with E-state index in [9.17, 15) is 0 Å². The molecule has 4 nitrogen and oxygen atoms in total. The van der Waals surface area contributed by atoms with Crippen molar-refractivity contribution >= 4 is 0 Å². The first-order chi connectivity index (χ1) is 10.9. The molecule has 1 aromatic heterocycles. The number of ether oxygens (including phenoxy) is 1. The predicted molar refractivity (Wildman–Crippen MR) is 87.0 cm³/mol. The summed E-state index contributed by atoms with van der Waals surface area (Å²) >= 11 is 0. The van der Waals surface area contributed by atoms with Gasteiger partial charge in [-0.15, -0.1) is 0 Å². The van der Waals surface area contributed by atoms with E-state index < -0.39 is 0 Å². The lowest BCUT2D eigenvalue weighted by atomic mass is 10.0. The Balaban J connectivity index is 1.68. The van der Waals surface area contributed by atoms with Gasteiger partial charge in [0.2, 0.25) is 0 Å². The fourth-order valence-corrected chi connectivity index (χ4v) is 3.11. The van der Waals surface area contributed by atoms with Crippen LogP contribution in [0.5, 0.6) is 5.75 Å². The minimum atomic E-state index is 0.382. The van der Waals surface area contributed by atoms with Crippen molar-refractivity contribution in [2.75, 3.05) is 26.7 Å². The summed E-state index contributed by atoms with van der Waals surface area (Å²) < 4.78 is 10.8. The molecule has 1 atom stereocenters. The number of benzene rings is 1. The predicted octanol–water partition coefficient (Wildman–Crippen LogP) is 3.21. The number of likely N-dealkylation sites (tertiary alicyclic amines) is 1. The molecule has 1 unspecified atom stereocenters. The third-order valence-electron chi connectivity index (χ3n) is 4.28. The maximum atomic E-state index is 5.39. The summed E-state index contributed by atoms with van der Waals surface area (Å²) in [5, 5.41) is 3.52. The Hall–Kier alpha value is -1.78. The molecule has 0 amide bonds. The van der Waals surface area contributed by atoms with E-state index in [1.54, 1.807) is 13.4 Å². The lowest BCUT2D eigenvalue weighted by molar-refractivity contribution is 0.236. The van der Waals surface area contributed by atoms with Crippen molar-refractivity contribution in [3.05, 3.63) is 54.0 Å². The van der Waals surface area contributed by atoms with Crippen molar-refractivity contribution in [1.82, 2.24) is 10.2 Å². The van der Waals surface area contributed by atoms with Gasteiger partial charge in [0, 0.05) is 12.6 Å². The van der Waals surface area contributed by atoms with Crippen LogP contribution in [0.1, 0.15) is 30.2 Å². The Morgan fingerprint density at radius 1 is 1.23 bits per heavy atom. The molecule has 2 aromatic rings. The monoisotopic (exact) mass is 300 g/mol. The molecular weight excluding hydrogens is 276 g/mol. The molecule has 2 heterocycles. The van der Waals surface area contributed by atoms with Gasteiger partial charge in [-0.1, -0.05) is 12.1 Å². The SMILES string of the molecule is COc1cccc(C(CNCc2ccco2)N2CCCC2)c1. The molecule has 1 saturated heterocycles. The number of rotatable bonds is 7. The van der Waals surface area contributed by atoms with Crippen LogP contribution in [0.25, 0.3) is 0 Å². The number of hydrogen-bond donors (Lipinski definition) is 1. The van der Waals surface area contributed by atoms with E-state index >= 15 is 0 Å². The van der Waals surface area contributed by atoms with Gasteiger partial charge in [-0.25, -0.2) is 0 Å². The molecule has 1 aromatic carbocycles. The molecule has 0 bridgehead atoms. The Bertz CT molecular complexity index is 562. The molecular formula is C18H24N2O2. The summed E-state index contributed by atoms with van der Waals surface area (Å²) in [7, 11) is 1.72. The molecule has 22 heavy (non-hydrogen) atoms. The first-order valence-electron chi connectivity index (χ1n) is 7.98. The molecule has 1 fully saturated rings. The minimum Gasteiger partial charge on any atom is -0.497 e. The van der Waals surface area contributed by atoms with Crippen molar-refractivity contribution in [1.29, 1.82) is 0 Å². The van der Waals surface area contributed by atoms with Gasteiger partial charge in [0.1, 0.15) is 11.5 Å². The zero-order valence-electron chi connectivity index (χ0n) is 13.1. The average Bonchev–Trinajstić information content (AvgIpc) is 3.25. The number of methoxy groups -OCH3 is 1. The van der Waals surface area contributed by atoms with E-state index in [1.807, 2.05) is 18.2 Å². The molecule has 4 heteroatoms. The largest absolute Gasteiger partial charge is 0.497 e. The zero-order chi connectivity index (χ0) is 15.2. The smallest absolute Gasteiger partial charge is 0.119 e. The van der Waals surface area contributed by atoms with E-state index in [1.165, 1.54) is 31.5 Å². The van der Waals surface area contributed by atoms with Crippen molar-refractivity contribution in [2.45, 2.75) is 25.4 Å². The summed E-state index contributed by atoms with van der Waals surface area (Å²) in [5.41, 5.74) is 1.31. The lowest BCUT2D eigenvalue weighted by Gasteiger charge is -2.28. The second kappa shape index (κ2) is 7.47. The molecule has 0 saturated carbocycles. The number of hydrogen-bond acceptors (Lipinski definition) is 4. The first kappa shape index (κ1) is 15.1. The van der Waals surface area contributed by atoms with Gasteiger partial charge in [-0.2, -0.15) is 0 Å². The summed E-state index contributed by atoms with van der Waals surface area (Å²) in [6, 6.07) is 12.7.